The molecule has 0 bridgehead atoms. The molecule has 15 nitrogen and oxygen atoms in total. The van der Waals surface area contributed by atoms with E-state index in [4.69, 9.17) is 9.47 Å². The Labute approximate surface area is 340 Å². The number of imide groups is 1. The van der Waals surface area contributed by atoms with Gasteiger partial charge in [-0.25, -0.2) is 18.3 Å². The highest BCUT2D eigenvalue weighted by Crippen LogP contribution is 2.54. The highest BCUT2D eigenvalue weighted by atomic mass is 19.3. The summed E-state index contributed by atoms with van der Waals surface area (Å²) in [4.78, 5) is 44.1. The molecule has 1 aliphatic carbocycles. The van der Waals surface area contributed by atoms with Crippen LogP contribution in [0.4, 0.5) is 34.6 Å². The van der Waals surface area contributed by atoms with Crippen LogP contribution in [0.5, 0.6) is 11.5 Å². The van der Waals surface area contributed by atoms with Gasteiger partial charge >= 0.3 is 6.29 Å². The molecule has 1 atom stereocenters. The second-order valence-corrected chi connectivity index (χ2v) is 16.3. The van der Waals surface area contributed by atoms with Crippen LogP contribution in [-0.4, -0.2) is 106 Å². The van der Waals surface area contributed by atoms with Crippen LogP contribution in [0.2, 0.25) is 0 Å². The van der Waals surface area contributed by atoms with E-state index in [1.165, 1.54) is 28.9 Å². The third kappa shape index (κ3) is 6.81. The van der Waals surface area contributed by atoms with E-state index in [-0.39, 0.29) is 53.4 Å². The fourth-order valence-electron chi connectivity index (χ4n) is 9.65. The summed E-state index contributed by atoms with van der Waals surface area (Å²) in [5.74, 6) is -4.74. The Morgan fingerprint density at radius 1 is 0.900 bits per heavy atom. The van der Waals surface area contributed by atoms with Crippen molar-refractivity contribution in [1.29, 1.82) is 5.26 Å². The molecule has 4 fully saturated rings. The number of halogens is 4. The molecule has 10 rings (SSSR count). The van der Waals surface area contributed by atoms with E-state index in [0.29, 0.717) is 53.7 Å². The number of fused-ring (bicyclic) bond motifs is 4. The van der Waals surface area contributed by atoms with Crippen molar-refractivity contribution >= 4 is 40.3 Å². The maximum atomic E-state index is 15.1. The first-order valence-electron chi connectivity index (χ1n) is 20.2. The van der Waals surface area contributed by atoms with Gasteiger partial charge in [-0.3, -0.25) is 29.5 Å². The minimum Gasteiger partial charge on any atom is -0.393 e. The fourth-order valence-corrected chi connectivity index (χ4v) is 9.65. The maximum absolute atomic E-state index is 15.1. The summed E-state index contributed by atoms with van der Waals surface area (Å²) in [5, 5.41) is 20.3. The number of nitrogens with zero attached hydrogens (tertiary/aromatic N) is 7. The number of carbonyl (C=O) groups excluding carboxylic acids is 3. The number of alkyl halides is 2. The largest absolute Gasteiger partial charge is 0.586 e. The van der Waals surface area contributed by atoms with Crippen molar-refractivity contribution in [2.24, 2.45) is 0 Å². The standard InChI is InChI=1S/C41H40F4N10O5/c42-30-15-27(16-31(43)35(30)29-6-8-34(56)49-39(29)57)53-20-28(21-53)52-11-9-51(10-12-52)24-1-3-25(4-2-24)54-19-23-14-32(37-38(36(23)50-54)60-41(44,45)59-37)48-40(58)33-7-5-26-13-22(17-46)18-47-55(26)33/h5,7,13-16,18,24-25,28-29,50H,1-4,6,8-12,19-21H2,(H,48,58)(H,49,56,57)/t24?,25?,29-/m1/s1. The number of anilines is 3. The highest BCUT2D eigenvalue weighted by molar-refractivity contribution is 6.05. The lowest BCUT2D eigenvalue weighted by Crippen LogP contribution is -2.64. The summed E-state index contributed by atoms with van der Waals surface area (Å²) in [6.45, 7) is 5.28. The van der Waals surface area contributed by atoms with Gasteiger partial charge in [-0.2, -0.15) is 10.4 Å². The van der Waals surface area contributed by atoms with Gasteiger partial charge in [-0.15, -0.1) is 8.78 Å². The molecule has 60 heavy (non-hydrogen) atoms. The minimum absolute atomic E-state index is 0.0408. The van der Waals surface area contributed by atoms with Crippen LogP contribution in [0.3, 0.4) is 0 Å². The Morgan fingerprint density at radius 3 is 2.28 bits per heavy atom. The van der Waals surface area contributed by atoms with Crippen LogP contribution < -0.4 is 30.4 Å². The number of benzene rings is 2. The molecule has 19 heteroatoms. The van der Waals surface area contributed by atoms with Gasteiger partial charge in [0.05, 0.1) is 28.9 Å². The van der Waals surface area contributed by atoms with Crippen LogP contribution >= 0.6 is 0 Å². The van der Waals surface area contributed by atoms with E-state index in [0.717, 1.165) is 51.9 Å². The predicted molar refractivity (Wildman–Crippen MR) is 206 cm³/mol. The zero-order valence-corrected chi connectivity index (χ0v) is 32.2. The van der Waals surface area contributed by atoms with Crippen LogP contribution in [0, 0.1) is 23.0 Å². The Hall–Kier alpha value is -5.97. The van der Waals surface area contributed by atoms with Gasteiger partial charge in [0.15, 0.2) is 11.5 Å². The van der Waals surface area contributed by atoms with Crippen molar-refractivity contribution in [2.45, 2.75) is 75.4 Å². The lowest BCUT2D eigenvalue weighted by molar-refractivity contribution is -0.286. The van der Waals surface area contributed by atoms with Crippen LogP contribution in [0.1, 0.15) is 71.6 Å². The molecule has 0 spiro atoms. The molecule has 1 saturated carbocycles. The van der Waals surface area contributed by atoms with Crippen LogP contribution in [0.25, 0.3) is 5.52 Å². The molecule has 0 unspecified atom stereocenters. The average Bonchev–Trinajstić information content (AvgIpc) is 3.93. The summed E-state index contributed by atoms with van der Waals surface area (Å²) < 4.78 is 70.6. The Kier molecular flexibility index (Phi) is 9.33. The number of aromatic nitrogens is 2. The molecule has 6 aliphatic rings. The van der Waals surface area contributed by atoms with E-state index in [1.54, 1.807) is 18.2 Å². The van der Waals surface area contributed by atoms with Gasteiger partial charge in [-0.05, 0) is 74.1 Å². The normalized spacial score (nSPS) is 24.4. The average molecular weight is 829 g/mol. The minimum atomic E-state index is -3.92. The SMILES string of the molecule is N#Cc1cnn2c(C(=O)Nc3cc4c(c5c3OC(F)(F)O5)NN(C3CCC(N5CCN(C6CN(c7cc(F)c([C@H]8CCC(=O)NC8=O)c(F)c7)C6)CC5)CC3)C4)ccc2c1. The smallest absolute Gasteiger partial charge is 0.393 e. The number of rotatable bonds is 7. The van der Waals surface area contributed by atoms with Gasteiger partial charge in [0.1, 0.15) is 29.1 Å². The van der Waals surface area contributed by atoms with Gasteiger partial charge in [-0.1, -0.05) is 0 Å². The fraction of sp³-hybridized carbons (Fsp3) is 0.439. The number of hydrogen-bond donors (Lipinski definition) is 3. The lowest BCUT2D eigenvalue weighted by Gasteiger charge is -2.50. The number of nitrogens with one attached hydrogen (secondary N) is 3. The summed E-state index contributed by atoms with van der Waals surface area (Å²) in [5.41, 5.74) is 5.55. The van der Waals surface area contributed by atoms with E-state index in [1.807, 2.05) is 16.0 Å². The van der Waals surface area contributed by atoms with Gasteiger partial charge < -0.3 is 25.1 Å². The molecular weight excluding hydrogens is 789 g/mol. The molecular formula is C41H40F4N10O5. The maximum Gasteiger partial charge on any atom is 0.586 e. The number of piperidine rings is 1. The molecule has 3 N–H and O–H groups in total. The zero-order chi connectivity index (χ0) is 41.4. The van der Waals surface area contributed by atoms with Gasteiger partial charge in [0, 0.05) is 81.6 Å². The van der Waals surface area contributed by atoms with Crippen molar-refractivity contribution in [1.82, 2.24) is 29.7 Å². The summed E-state index contributed by atoms with van der Waals surface area (Å²) in [6.07, 6.45) is 1.24. The molecule has 0 radical (unpaired) electrons. The van der Waals surface area contributed by atoms with Crippen molar-refractivity contribution in [3.05, 3.63) is 76.6 Å². The van der Waals surface area contributed by atoms with Crippen LogP contribution in [-0.2, 0) is 16.1 Å². The van der Waals surface area contributed by atoms with Gasteiger partial charge in [0.2, 0.25) is 11.8 Å². The van der Waals surface area contributed by atoms with Crippen LogP contribution in [0.15, 0.2) is 42.6 Å². The monoisotopic (exact) mass is 828 g/mol. The zero-order valence-electron chi connectivity index (χ0n) is 32.2. The first kappa shape index (κ1) is 38.2. The Bertz CT molecular complexity index is 2450. The number of nitriles is 1. The Morgan fingerprint density at radius 2 is 1.58 bits per heavy atom. The second kappa shape index (κ2) is 14.6. The third-order valence-corrected chi connectivity index (χ3v) is 12.8. The first-order valence-corrected chi connectivity index (χ1v) is 20.2. The number of ether oxygens (including phenoxy) is 2. The van der Waals surface area contributed by atoms with E-state index in [2.05, 4.69) is 31.0 Å². The summed E-state index contributed by atoms with van der Waals surface area (Å²) in [7, 11) is 0. The number of hydrogen-bond acceptors (Lipinski definition) is 12. The van der Waals surface area contributed by atoms with Gasteiger partial charge in [0.25, 0.3) is 5.91 Å². The molecule has 7 heterocycles. The lowest BCUT2D eigenvalue weighted by atomic mass is 9.89. The van der Waals surface area contributed by atoms with Crippen molar-refractivity contribution in [2.75, 3.05) is 54.9 Å². The quantitative estimate of drug-likeness (QED) is 0.177. The van der Waals surface area contributed by atoms with Crippen molar-refractivity contribution in [3.8, 4) is 17.6 Å². The first-order chi connectivity index (χ1) is 28.9. The molecule has 2 aromatic carbocycles. The summed E-state index contributed by atoms with van der Waals surface area (Å²) >= 11 is 0. The summed E-state index contributed by atoms with van der Waals surface area (Å²) in [6, 6.07) is 11.8. The molecule has 2 aromatic heterocycles. The molecule has 5 aliphatic heterocycles. The topological polar surface area (TPSA) is 160 Å². The van der Waals surface area contributed by atoms with Crippen molar-refractivity contribution < 1.29 is 41.4 Å². The third-order valence-electron chi connectivity index (χ3n) is 12.8. The molecule has 3 amide bonds. The molecule has 3 saturated heterocycles. The Balaban J connectivity index is 0.723. The van der Waals surface area contributed by atoms with Crippen molar-refractivity contribution in [3.63, 3.8) is 0 Å². The van der Waals surface area contributed by atoms with E-state index in [9.17, 15) is 28.4 Å². The molecule has 312 valence electrons. The van der Waals surface area contributed by atoms with E-state index >= 15 is 8.78 Å². The number of hydrazine groups is 1. The number of piperazine rings is 1. The number of carbonyl (C=O) groups is 3. The second-order valence-electron chi connectivity index (χ2n) is 16.3. The predicted octanol–water partition coefficient (Wildman–Crippen LogP) is 4.54. The highest BCUT2D eigenvalue weighted by Gasteiger charge is 2.49. The molecule has 4 aromatic rings. The number of amides is 3. The van der Waals surface area contributed by atoms with E-state index < -0.39 is 41.6 Å².